The molecule has 102 valence electrons. The first-order chi connectivity index (χ1) is 9.47. The van der Waals surface area contributed by atoms with E-state index in [-0.39, 0.29) is 10.8 Å². The highest BCUT2D eigenvalue weighted by atomic mass is 35.5. The van der Waals surface area contributed by atoms with E-state index in [2.05, 4.69) is 5.16 Å². The van der Waals surface area contributed by atoms with E-state index < -0.39 is 5.97 Å². The van der Waals surface area contributed by atoms with Gasteiger partial charge in [-0.25, -0.2) is 4.79 Å². The van der Waals surface area contributed by atoms with Gasteiger partial charge in [-0.05, 0) is 43.7 Å². The molecule has 1 aromatic carbocycles. The maximum absolute atomic E-state index is 11.8. The first-order valence-corrected chi connectivity index (χ1v) is 6.31. The Hall–Kier alpha value is -2.20. The Balaban J connectivity index is 2.13. The third-order valence-corrected chi connectivity index (χ3v) is 3.06. The number of hydrogen-bond donors (Lipinski definition) is 0. The van der Waals surface area contributed by atoms with Gasteiger partial charge in [0, 0.05) is 0 Å². The van der Waals surface area contributed by atoms with Crippen molar-refractivity contribution in [2.45, 2.75) is 13.8 Å². The number of carbonyl (C=O) groups is 2. The SMILES string of the molecule is CC1=CC(=O)C(Cl)=C/C1=N\OC(=O)c1ccc(C)cc1. The Morgan fingerprint density at radius 3 is 2.45 bits per heavy atom. The first-order valence-electron chi connectivity index (χ1n) is 5.93. The molecule has 0 saturated heterocycles. The van der Waals surface area contributed by atoms with Crippen LogP contribution in [0, 0.1) is 6.92 Å². The number of nitrogens with zero attached hydrogens (tertiary/aromatic N) is 1. The standard InChI is InChI=1S/C15H12ClNO3/c1-9-3-5-11(6-4-9)15(19)20-17-13-8-12(16)14(18)7-10(13)2/h3-8H,1-2H3/b17-13+. The van der Waals surface area contributed by atoms with E-state index >= 15 is 0 Å². The molecule has 0 spiro atoms. The lowest BCUT2D eigenvalue weighted by Gasteiger charge is -2.07. The number of ketones is 1. The normalized spacial score (nSPS) is 16.8. The van der Waals surface area contributed by atoms with E-state index in [9.17, 15) is 9.59 Å². The van der Waals surface area contributed by atoms with E-state index in [0.717, 1.165) is 5.56 Å². The molecule has 1 aliphatic rings. The van der Waals surface area contributed by atoms with E-state index in [4.69, 9.17) is 16.4 Å². The highest BCUT2D eigenvalue weighted by Crippen LogP contribution is 2.16. The van der Waals surface area contributed by atoms with Crippen LogP contribution in [0.5, 0.6) is 0 Å². The van der Waals surface area contributed by atoms with Gasteiger partial charge in [-0.15, -0.1) is 0 Å². The first kappa shape index (κ1) is 14.2. The zero-order valence-corrected chi connectivity index (χ0v) is 11.8. The summed E-state index contributed by atoms with van der Waals surface area (Å²) in [5.74, 6) is -0.847. The van der Waals surface area contributed by atoms with Crippen LogP contribution in [0.3, 0.4) is 0 Å². The van der Waals surface area contributed by atoms with Crippen molar-refractivity contribution in [3.05, 3.63) is 58.1 Å². The summed E-state index contributed by atoms with van der Waals surface area (Å²) in [7, 11) is 0. The van der Waals surface area contributed by atoms with Crippen LogP contribution in [-0.4, -0.2) is 17.5 Å². The highest BCUT2D eigenvalue weighted by Gasteiger charge is 2.15. The predicted octanol–water partition coefficient (Wildman–Crippen LogP) is 3.16. The van der Waals surface area contributed by atoms with Crippen molar-refractivity contribution in [1.29, 1.82) is 0 Å². The van der Waals surface area contributed by atoms with Crippen LogP contribution in [0.25, 0.3) is 0 Å². The second kappa shape index (κ2) is 5.84. The Labute approximate surface area is 121 Å². The molecule has 1 aliphatic carbocycles. The molecule has 0 unspecified atom stereocenters. The second-order valence-corrected chi connectivity index (χ2v) is 4.81. The smallest absolute Gasteiger partial charge is 0.312 e. The van der Waals surface area contributed by atoms with Crippen LogP contribution in [0.15, 0.2) is 52.2 Å². The van der Waals surface area contributed by atoms with Crippen molar-refractivity contribution in [2.24, 2.45) is 5.16 Å². The lowest BCUT2D eigenvalue weighted by molar-refractivity contribution is -0.110. The molecule has 0 fully saturated rings. The summed E-state index contributed by atoms with van der Waals surface area (Å²) in [4.78, 5) is 27.9. The number of halogens is 1. The van der Waals surface area contributed by atoms with Crippen LogP contribution < -0.4 is 0 Å². The maximum Gasteiger partial charge on any atom is 0.365 e. The van der Waals surface area contributed by atoms with E-state index in [1.165, 1.54) is 12.2 Å². The molecule has 0 aliphatic heterocycles. The van der Waals surface area contributed by atoms with Gasteiger partial charge in [0.1, 0.15) is 5.71 Å². The molecule has 0 N–H and O–H groups in total. The lowest BCUT2D eigenvalue weighted by atomic mass is 10.1. The summed E-state index contributed by atoms with van der Waals surface area (Å²) >= 11 is 5.72. The summed E-state index contributed by atoms with van der Waals surface area (Å²) in [6.45, 7) is 3.62. The third kappa shape index (κ3) is 3.22. The molecule has 0 saturated carbocycles. The van der Waals surface area contributed by atoms with Gasteiger partial charge in [-0.3, -0.25) is 4.79 Å². The number of oxime groups is 1. The topological polar surface area (TPSA) is 55.7 Å². The van der Waals surface area contributed by atoms with Gasteiger partial charge in [0.05, 0.1) is 10.6 Å². The number of hydrogen-bond acceptors (Lipinski definition) is 4. The number of allylic oxidation sites excluding steroid dienone is 4. The average molecular weight is 290 g/mol. The third-order valence-electron chi connectivity index (χ3n) is 2.76. The molecule has 0 heterocycles. The van der Waals surface area contributed by atoms with Crippen molar-refractivity contribution < 1.29 is 14.4 Å². The fraction of sp³-hybridized carbons (Fsp3) is 0.133. The number of rotatable bonds is 2. The molecule has 0 atom stereocenters. The van der Waals surface area contributed by atoms with E-state index in [0.29, 0.717) is 16.8 Å². The minimum atomic E-state index is -0.563. The van der Waals surface area contributed by atoms with Crippen molar-refractivity contribution in [2.75, 3.05) is 0 Å². The van der Waals surface area contributed by atoms with Crippen molar-refractivity contribution in [3.63, 3.8) is 0 Å². The van der Waals surface area contributed by atoms with Crippen LogP contribution in [-0.2, 0) is 9.63 Å². The molecule has 0 amide bonds. The zero-order valence-electron chi connectivity index (χ0n) is 11.0. The fourth-order valence-electron chi connectivity index (χ4n) is 1.58. The monoisotopic (exact) mass is 289 g/mol. The Kier molecular flexibility index (Phi) is 4.15. The molecule has 20 heavy (non-hydrogen) atoms. The molecule has 0 aromatic heterocycles. The Morgan fingerprint density at radius 2 is 1.80 bits per heavy atom. The van der Waals surface area contributed by atoms with Gasteiger partial charge in [0.25, 0.3) is 0 Å². The minimum absolute atomic E-state index is 0.0423. The van der Waals surface area contributed by atoms with Gasteiger partial charge in [0.15, 0.2) is 5.78 Å². The predicted molar refractivity (Wildman–Crippen MR) is 76.7 cm³/mol. The molecule has 5 heteroatoms. The lowest BCUT2D eigenvalue weighted by Crippen LogP contribution is -2.11. The second-order valence-electron chi connectivity index (χ2n) is 4.41. The fourth-order valence-corrected chi connectivity index (χ4v) is 1.73. The summed E-state index contributed by atoms with van der Waals surface area (Å²) in [5.41, 5.74) is 2.40. The summed E-state index contributed by atoms with van der Waals surface area (Å²) in [6, 6.07) is 6.94. The molecule has 2 rings (SSSR count). The summed E-state index contributed by atoms with van der Waals surface area (Å²) in [5, 5.41) is 3.78. The van der Waals surface area contributed by atoms with Crippen LogP contribution in [0.1, 0.15) is 22.8 Å². The maximum atomic E-state index is 11.8. The largest absolute Gasteiger partial charge is 0.365 e. The van der Waals surface area contributed by atoms with Crippen molar-refractivity contribution in [3.8, 4) is 0 Å². The van der Waals surface area contributed by atoms with Gasteiger partial charge in [-0.2, -0.15) is 0 Å². The molecular formula is C15H12ClNO3. The van der Waals surface area contributed by atoms with Gasteiger partial charge in [-0.1, -0.05) is 34.5 Å². The summed E-state index contributed by atoms with van der Waals surface area (Å²) in [6.07, 6.45) is 2.72. The summed E-state index contributed by atoms with van der Waals surface area (Å²) < 4.78 is 0. The Morgan fingerprint density at radius 1 is 1.15 bits per heavy atom. The number of aryl methyl sites for hydroxylation is 1. The minimum Gasteiger partial charge on any atom is -0.312 e. The number of carbonyl (C=O) groups excluding carboxylic acids is 2. The van der Waals surface area contributed by atoms with E-state index in [1.807, 2.05) is 19.1 Å². The average Bonchev–Trinajstić information content (AvgIpc) is 2.42. The van der Waals surface area contributed by atoms with Gasteiger partial charge < -0.3 is 4.84 Å². The molecule has 4 nitrogen and oxygen atoms in total. The van der Waals surface area contributed by atoms with Gasteiger partial charge >= 0.3 is 5.97 Å². The Bertz CT molecular complexity index is 654. The molecular weight excluding hydrogens is 278 g/mol. The van der Waals surface area contributed by atoms with Crippen molar-refractivity contribution >= 4 is 29.1 Å². The quantitative estimate of drug-likeness (QED) is 0.477. The van der Waals surface area contributed by atoms with Crippen LogP contribution >= 0.6 is 11.6 Å². The van der Waals surface area contributed by atoms with E-state index in [1.54, 1.807) is 19.1 Å². The number of benzene rings is 1. The van der Waals surface area contributed by atoms with Crippen LogP contribution in [0.4, 0.5) is 0 Å². The van der Waals surface area contributed by atoms with Gasteiger partial charge in [0.2, 0.25) is 0 Å². The van der Waals surface area contributed by atoms with Crippen LogP contribution in [0.2, 0.25) is 0 Å². The molecule has 0 bridgehead atoms. The zero-order chi connectivity index (χ0) is 14.7. The molecule has 0 radical (unpaired) electrons. The molecule has 1 aromatic rings. The highest BCUT2D eigenvalue weighted by molar-refractivity contribution is 6.47. The van der Waals surface area contributed by atoms with Crippen molar-refractivity contribution in [1.82, 2.24) is 0 Å².